The van der Waals surface area contributed by atoms with E-state index in [1.54, 1.807) is 0 Å². The number of aromatic nitrogens is 11. The van der Waals surface area contributed by atoms with Gasteiger partial charge in [0, 0.05) is 67.3 Å². The summed E-state index contributed by atoms with van der Waals surface area (Å²) >= 11 is 17.6. The van der Waals surface area contributed by atoms with Crippen molar-refractivity contribution >= 4 is 47.4 Å². The Hall–Kier alpha value is -15.5. The molecule has 136 heavy (non-hydrogen) atoms. The van der Waals surface area contributed by atoms with E-state index in [2.05, 4.69) is 374 Å². The number of nitrogens with zero attached hydrogens (tertiary/aromatic N) is 11. The van der Waals surface area contributed by atoms with Crippen molar-refractivity contribution in [2.45, 2.75) is 66.6 Å². The first-order valence-corrected chi connectivity index (χ1v) is 46.2. The SMILES string of the molecule is Cc1ccc(-c2cccc(-c3nc(-c4ccccc4)nc(-c4ccc(-c5cc(-c6ccccc6)c(-c6ccccc6)c(-c6ccccc6)c5)cc4)n3)c2)c(C)n1.Cc1ccc(-c2cccc(B3OC(C)(C)C(C)(C)O3)c2)c(C)n1.Clc1nc(-c2ccccc2)nc(-c2ccc(-c3cc(-c4ccccc4)c(-c4ccccc4)c(-c4ccccc4)c3)cc2)n1.Clc1nc(Cl)nc(-c2ccccc2)n1. The van der Waals surface area contributed by atoms with Crippen molar-refractivity contribution in [3.05, 3.63) is 457 Å². The van der Waals surface area contributed by atoms with Crippen LogP contribution in [0.15, 0.2) is 419 Å². The molecule has 1 aliphatic rings. The average molecular weight is 1830 g/mol. The van der Waals surface area contributed by atoms with E-state index in [9.17, 15) is 0 Å². The molecule has 20 aromatic rings. The van der Waals surface area contributed by atoms with Gasteiger partial charge in [-0.1, -0.05) is 376 Å². The predicted molar refractivity (Wildman–Crippen MR) is 558 cm³/mol. The number of hydrogen-bond acceptors (Lipinski definition) is 13. The van der Waals surface area contributed by atoms with E-state index in [0.29, 0.717) is 34.9 Å². The Kier molecular flexibility index (Phi) is 27.6. The van der Waals surface area contributed by atoms with Crippen LogP contribution in [0, 0.1) is 27.7 Å². The van der Waals surface area contributed by atoms with Gasteiger partial charge in [-0.3, -0.25) is 9.97 Å². The molecule has 0 atom stereocenters. The molecule has 0 amide bonds. The van der Waals surface area contributed by atoms with Crippen molar-refractivity contribution in [3.8, 4) is 180 Å². The molecule has 660 valence electrons. The number of benzene rings is 15. The van der Waals surface area contributed by atoms with Crippen molar-refractivity contribution in [3.63, 3.8) is 0 Å². The molecule has 6 heterocycles. The van der Waals surface area contributed by atoms with Gasteiger partial charge in [0.25, 0.3) is 0 Å². The summed E-state index contributed by atoms with van der Waals surface area (Å²) in [5.74, 6) is 3.44. The first-order chi connectivity index (χ1) is 66.2. The largest absolute Gasteiger partial charge is 0.494 e. The fourth-order valence-corrected chi connectivity index (χ4v) is 17.2. The molecule has 1 fully saturated rings. The highest BCUT2D eigenvalue weighted by Gasteiger charge is 2.52. The molecular formula is C119H93BCl3N11O2. The molecule has 0 unspecified atom stereocenters. The summed E-state index contributed by atoms with van der Waals surface area (Å²) in [7, 11) is -0.335. The van der Waals surface area contributed by atoms with Gasteiger partial charge >= 0.3 is 7.12 Å². The molecule has 5 aromatic heterocycles. The van der Waals surface area contributed by atoms with E-state index >= 15 is 0 Å². The Labute approximate surface area is 809 Å². The quantitative estimate of drug-likeness (QED) is 0.0793. The maximum Gasteiger partial charge on any atom is 0.494 e. The van der Waals surface area contributed by atoms with Crippen molar-refractivity contribution < 1.29 is 9.31 Å². The second-order valence-corrected chi connectivity index (χ2v) is 35.1. The van der Waals surface area contributed by atoms with E-state index in [1.807, 2.05) is 130 Å². The van der Waals surface area contributed by atoms with Crippen LogP contribution in [-0.4, -0.2) is 73.1 Å². The van der Waals surface area contributed by atoms with Gasteiger partial charge in [-0.15, -0.1) is 0 Å². The second-order valence-electron chi connectivity index (χ2n) is 34.1. The Morgan fingerprint density at radius 3 is 0.757 bits per heavy atom. The number of hydrogen-bond donors (Lipinski definition) is 0. The minimum atomic E-state index is -0.335. The monoisotopic (exact) mass is 1820 g/mol. The summed E-state index contributed by atoms with van der Waals surface area (Å²) in [6, 6.07) is 145. The first kappa shape index (κ1) is 91.0. The minimum Gasteiger partial charge on any atom is -0.399 e. The number of rotatable bonds is 17. The van der Waals surface area contributed by atoms with E-state index in [0.717, 1.165) is 106 Å². The fraction of sp³-hybridized carbons (Fsp3) is 0.0840. The highest BCUT2D eigenvalue weighted by molar-refractivity contribution is 6.62. The standard InChI is InChI=1S/C52H38N4.C39H26ClN3.C19H24BNO2.C9H5Cl2N3/c1-35-26-31-46(36(2)53-35)43-24-15-25-44(32-43)52-55-50(41-22-13-6-14-23-41)54-51(56-52)42-29-27-37(28-30-42)45-33-47(38-16-7-3-8-17-38)49(40-20-11-5-12-21-40)48(34-45)39-18-9-4-10-19-39;40-39-42-37(31-19-11-4-12-20-31)41-38(43-39)32-23-21-27(22-24-32)33-25-34(28-13-5-1-6-14-28)36(30-17-9-3-10-18-30)35(26-33)29-15-7-2-8-16-29;1-13-10-11-17(14(2)21-13)15-8-7-9-16(12-15)20-22-18(3,4)19(5,6)23-20;10-8-12-7(13-9(11)14-8)6-4-2-1-3-5-6/h3-34H,1-2H3;1-26H;7-12H,1-6H3;1-5H. The molecule has 1 aliphatic heterocycles. The highest BCUT2D eigenvalue weighted by Crippen LogP contribution is 2.47. The van der Waals surface area contributed by atoms with Gasteiger partial charge in [0.15, 0.2) is 34.9 Å². The third-order valence-electron chi connectivity index (χ3n) is 24.2. The topological polar surface area (TPSA) is 160 Å². The Morgan fingerprint density at radius 2 is 0.434 bits per heavy atom. The summed E-state index contributed by atoms with van der Waals surface area (Å²) in [6.07, 6.45) is 0. The van der Waals surface area contributed by atoms with E-state index in [1.165, 1.54) is 66.8 Å². The molecule has 0 radical (unpaired) electrons. The summed E-state index contributed by atoms with van der Waals surface area (Å²) in [5, 5.41) is 0.372. The minimum absolute atomic E-state index is 0.101. The van der Waals surface area contributed by atoms with E-state index < -0.39 is 0 Å². The number of halogens is 3. The molecule has 17 heteroatoms. The molecule has 0 spiro atoms. The van der Waals surface area contributed by atoms with Crippen LogP contribution in [0.2, 0.25) is 15.9 Å². The lowest BCUT2D eigenvalue weighted by atomic mass is 9.78. The molecule has 21 rings (SSSR count). The van der Waals surface area contributed by atoms with Crippen molar-refractivity contribution in [1.82, 2.24) is 54.8 Å². The Balaban J connectivity index is 0.000000135. The van der Waals surface area contributed by atoms with Crippen LogP contribution < -0.4 is 5.46 Å². The third-order valence-corrected chi connectivity index (χ3v) is 24.7. The molecule has 15 aromatic carbocycles. The Bertz CT molecular complexity index is 7420. The lowest BCUT2D eigenvalue weighted by Crippen LogP contribution is -2.41. The van der Waals surface area contributed by atoms with Gasteiger partial charge in [-0.2, -0.15) is 24.9 Å². The van der Waals surface area contributed by atoms with Crippen molar-refractivity contribution in [2.75, 3.05) is 0 Å². The van der Waals surface area contributed by atoms with Crippen LogP contribution in [-0.2, 0) is 9.31 Å². The van der Waals surface area contributed by atoms with Gasteiger partial charge in [0.2, 0.25) is 15.9 Å². The first-order valence-electron chi connectivity index (χ1n) is 45.0. The lowest BCUT2D eigenvalue weighted by Gasteiger charge is -2.32. The number of aryl methyl sites for hydroxylation is 4. The predicted octanol–water partition coefficient (Wildman–Crippen LogP) is 30.3. The highest BCUT2D eigenvalue weighted by atomic mass is 35.5. The normalized spacial score (nSPS) is 12.3. The zero-order valence-corrected chi connectivity index (χ0v) is 78.6. The van der Waals surface area contributed by atoms with Crippen molar-refractivity contribution in [1.29, 1.82) is 0 Å². The van der Waals surface area contributed by atoms with Gasteiger partial charge in [0.05, 0.1) is 11.2 Å². The molecule has 13 nitrogen and oxygen atoms in total. The smallest absolute Gasteiger partial charge is 0.399 e. The number of pyridine rings is 2. The molecule has 0 bridgehead atoms. The third kappa shape index (κ3) is 21.2. The van der Waals surface area contributed by atoms with Crippen molar-refractivity contribution in [2.24, 2.45) is 0 Å². The van der Waals surface area contributed by atoms with E-state index in [4.69, 9.17) is 69.0 Å². The fourth-order valence-electron chi connectivity index (χ4n) is 16.7. The Morgan fingerprint density at radius 1 is 0.191 bits per heavy atom. The van der Waals surface area contributed by atoms with Crippen LogP contribution in [0.5, 0.6) is 0 Å². The molecule has 0 N–H and O–H groups in total. The van der Waals surface area contributed by atoms with Gasteiger partial charge in [0.1, 0.15) is 0 Å². The maximum atomic E-state index is 6.33. The summed E-state index contributed by atoms with van der Waals surface area (Å²) in [5.41, 5.74) is 33.0. The average Bonchev–Trinajstić information content (AvgIpc) is 1.24. The second kappa shape index (κ2) is 41.3. The van der Waals surface area contributed by atoms with Gasteiger partial charge in [-0.05, 0) is 238 Å². The van der Waals surface area contributed by atoms with E-state index in [-0.39, 0.29) is 34.2 Å². The summed E-state index contributed by atoms with van der Waals surface area (Å²) in [4.78, 5) is 49.5. The van der Waals surface area contributed by atoms with Gasteiger partial charge in [-0.25, -0.2) is 19.9 Å². The maximum absolute atomic E-state index is 6.33. The summed E-state index contributed by atoms with van der Waals surface area (Å²) in [6.45, 7) is 16.4. The molecule has 0 saturated carbocycles. The van der Waals surface area contributed by atoms with Crippen LogP contribution in [0.1, 0.15) is 50.5 Å². The van der Waals surface area contributed by atoms with Gasteiger partial charge < -0.3 is 9.31 Å². The zero-order chi connectivity index (χ0) is 93.7. The lowest BCUT2D eigenvalue weighted by molar-refractivity contribution is 0.00578. The molecular weight excluding hydrogens is 1730 g/mol. The van der Waals surface area contributed by atoms with Crippen LogP contribution in [0.3, 0.4) is 0 Å². The van der Waals surface area contributed by atoms with Crippen LogP contribution in [0.25, 0.3) is 180 Å². The summed E-state index contributed by atoms with van der Waals surface area (Å²) < 4.78 is 12.3. The van der Waals surface area contributed by atoms with Crippen LogP contribution in [0.4, 0.5) is 0 Å². The molecule has 0 aliphatic carbocycles. The molecule has 1 saturated heterocycles. The zero-order valence-electron chi connectivity index (χ0n) is 76.3. The van der Waals surface area contributed by atoms with Crippen LogP contribution >= 0.6 is 34.8 Å².